The second-order valence-electron chi connectivity index (χ2n) is 4.91. The number of hydrogen-bond donors (Lipinski definition) is 0. The zero-order valence-corrected chi connectivity index (χ0v) is 12.6. The van der Waals surface area contributed by atoms with E-state index in [4.69, 9.17) is 4.42 Å². The van der Waals surface area contributed by atoms with Gasteiger partial charge in [0, 0.05) is 22.7 Å². The SMILES string of the molecule is c1ccc(-c2csc(-c3ccco3)c2-c2ccccn2)cc1. The van der Waals surface area contributed by atoms with Gasteiger partial charge < -0.3 is 4.42 Å². The van der Waals surface area contributed by atoms with E-state index < -0.39 is 0 Å². The van der Waals surface area contributed by atoms with Crippen molar-refractivity contribution < 1.29 is 4.42 Å². The Bertz CT molecular complexity index is 864. The predicted octanol–water partition coefficient (Wildman–Crippen LogP) is 5.74. The molecule has 0 bridgehead atoms. The van der Waals surface area contributed by atoms with Crippen molar-refractivity contribution in [3.05, 3.63) is 78.5 Å². The third kappa shape index (κ3) is 2.26. The maximum Gasteiger partial charge on any atom is 0.144 e. The number of aromatic nitrogens is 1. The molecule has 0 N–H and O–H groups in total. The molecule has 0 radical (unpaired) electrons. The van der Waals surface area contributed by atoms with Crippen LogP contribution < -0.4 is 0 Å². The molecule has 3 aromatic heterocycles. The molecule has 4 rings (SSSR count). The van der Waals surface area contributed by atoms with Gasteiger partial charge in [-0.1, -0.05) is 36.4 Å². The minimum absolute atomic E-state index is 0.882. The third-order valence-electron chi connectivity index (χ3n) is 3.54. The quantitative estimate of drug-likeness (QED) is 0.482. The summed E-state index contributed by atoms with van der Waals surface area (Å²) in [7, 11) is 0. The summed E-state index contributed by atoms with van der Waals surface area (Å²) in [6, 6.07) is 20.3. The van der Waals surface area contributed by atoms with Gasteiger partial charge in [-0.25, -0.2) is 0 Å². The topological polar surface area (TPSA) is 26.0 Å². The average Bonchev–Trinajstić information content (AvgIpc) is 3.25. The highest BCUT2D eigenvalue weighted by atomic mass is 32.1. The summed E-state index contributed by atoms with van der Waals surface area (Å²) in [5.74, 6) is 0.882. The van der Waals surface area contributed by atoms with E-state index in [1.807, 2.05) is 42.6 Å². The predicted molar refractivity (Wildman–Crippen MR) is 90.7 cm³/mol. The first-order chi connectivity index (χ1) is 10.9. The fourth-order valence-electron chi connectivity index (χ4n) is 2.54. The molecule has 3 heteroatoms. The lowest BCUT2D eigenvalue weighted by atomic mass is 9.99. The van der Waals surface area contributed by atoms with Crippen molar-refractivity contribution >= 4 is 11.3 Å². The second-order valence-corrected chi connectivity index (χ2v) is 5.79. The van der Waals surface area contributed by atoms with Crippen LogP contribution in [0.25, 0.3) is 33.0 Å². The van der Waals surface area contributed by atoms with Gasteiger partial charge in [-0.2, -0.15) is 0 Å². The number of hydrogen-bond acceptors (Lipinski definition) is 3. The highest BCUT2D eigenvalue weighted by molar-refractivity contribution is 7.14. The summed E-state index contributed by atoms with van der Waals surface area (Å²) in [5, 5.41) is 2.18. The Morgan fingerprint density at radius 3 is 2.45 bits per heavy atom. The molecular formula is C19H13NOS. The van der Waals surface area contributed by atoms with E-state index in [-0.39, 0.29) is 0 Å². The van der Waals surface area contributed by atoms with E-state index in [2.05, 4.69) is 34.6 Å². The molecule has 0 fully saturated rings. The summed E-state index contributed by atoms with van der Waals surface area (Å²) in [4.78, 5) is 5.66. The van der Waals surface area contributed by atoms with Gasteiger partial charge in [0.15, 0.2) is 0 Å². The number of thiophene rings is 1. The molecule has 1 aromatic carbocycles. The van der Waals surface area contributed by atoms with E-state index in [9.17, 15) is 0 Å². The van der Waals surface area contributed by atoms with Crippen LogP contribution in [0.5, 0.6) is 0 Å². The van der Waals surface area contributed by atoms with Crippen molar-refractivity contribution in [1.29, 1.82) is 0 Å². The van der Waals surface area contributed by atoms with Crippen LogP contribution in [0.15, 0.2) is 82.9 Å². The van der Waals surface area contributed by atoms with Crippen LogP contribution in [0.3, 0.4) is 0 Å². The third-order valence-corrected chi connectivity index (χ3v) is 4.54. The van der Waals surface area contributed by atoms with E-state index >= 15 is 0 Å². The van der Waals surface area contributed by atoms with Crippen molar-refractivity contribution in [1.82, 2.24) is 4.98 Å². The molecule has 0 saturated heterocycles. The lowest BCUT2D eigenvalue weighted by Gasteiger charge is -2.06. The molecule has 3 heterocycles. The highest BCUT2D eigenvalue weighted by Crippen LogP contribution is 2.44. The molecule has 0 saturated carbocycles. The maximum atomic E-state index is 5.61. The van der Waals surface area contributed by atoms with Crippen molar-refractivity contribution in [2.75, 3.05) is 0 Å². The second kappa shape index (κ2) is 5.62. The molecule has 2 nitrogen and oxygen atoms in total. The summed E-state index contributed by atoms with van der Waals surface area (Å²) in [6.45, 7) is 0. The summed E-state index contributed by atoms with van der Waals surface area (Å²) >= 11 is 1.69. The van der Waals surface area contributed by atoms with Crippen LogP contribution in [0.2, 0.25) is 0 Å². The van der Waals surface area contributed by atoms with Gasteiger partial charge in [0.2, 0.25) is 0 Å². The van der Waals surface area contributed by atoms with Crippen molar-refractivity contribution in [3.8, 4) is 33.0 Å². The Kier molecular flexibility index (Phi) is 3.33. The molecule has 0 amide bonds. The molecule has 0 aliphatic rings. The van der Waals surface area contributed by atoms with Crippen LogP contribution in [0.1, 0.15) is 0 Å². The van der Waals surface area contributed by atoms with E-state index in [1.165, 1.54) is 11.1 Å². The van der Waals surface area contributed by atoms with Crippen molar-refractivity contribution in [3.63, 3.8) is 0 Å². The van der Waals surface area contributed by atoms with Gasteiger partial charge in [-0.05, 0) is 29.8 Å². The van der Waals surface area contributed by atoms with E-state index in [0.717, 1.165) is 21.9 Å². The molecule has 0 aliphatic heterocycles. The van der Waals surface area contributed by atoms with Gasteiger partial charge in [-0.3, -0.25) is 4.98 Å². The molecule has 0 spiro atoms. The van der Waals surface area contributed by atoms with Gasteiger partial charge in [0.1, 0.15) is 5.76 Å². The first-order valence-corrected chi connectivity index (χ1v) is 7.93. The Morgan fingerprint density at radius 1 is 0.864 bits per heavy atom. The number of furan rings is 1. The van der Waals surface area contributed by atoms with Crippen LogP contribution in [-0.2, 0) is 0 Å². The van der Waals surface area contributed by atoms with Gasteiger partial charge in [0.25, 0.3) is 0 Å². The smallest absolute Gasteiger partial charge is 0.144 e. The fourth-order valence-corrected chi connectivity index (χ4v) is 3.60. The molecule has 0 aliphatic carbocycles. The molecule has 4 aromatic rings. The largest absolute Gasteiger partial charge is 0.463 e. The van der Waals surface area contributed by atoms with Gasteiger partial charge in [0.05, 0.1) is 16.8 Å². The Morgan fingerprint density at radius 2 is 1.73 bits per heavy atom. The maximum absolute atomic E-state index is 5.61. The zero-order chi connectivity index (χ0) is 14.8. The minimum atomic E-state index is 0.882. The van der Waals surface area contributed by atoms with Gasteiger partial charge in [-0.15, -0.1) is 11.3 Å². The van der Waals surface area contributed by atoms with Gasteiger partial charge >= 0.3 is 0 Å². The first-order valence-electron chi connectivity index (χ1n) is 7.05. The number of nitrogens with zero attached hydrogens (tertiary/aromatic N) is 1. The fraction of sp³-hybridized carbons (Fsp3) is 0. The monoisotopic (exact) mass is 303 g/mol. The van der Waals surface area contributed by atoms with Crippen molar-refractivity contribution in [2.24, 2.45) is 0 Å². The van der Waals surface area contributed by atoms with E-state index in [1.54, 1.807) is 17.6 Å². The molecular weight excluding hydrogens is 290 g/mol. The average molecular weight is 303 g/mol. The zero-order valence-electron chi connectivity index (χ0n) is 11.8. The molecule has 0 unspecified atom stereocenters. The van der Waals surface area contributed by atoms with Crippen LogP contribution in [0, 0.1) is 0 Å². The minimum Gasteiger partial charge on any atom is -0.463 e. The summed E-state index contributed by atoms with van der Waals surface area (Å²) < 4.78 is 5.61. The standard InChI is InChI=1S/C19H13NOS/c1-2-7-14(8-3-1)15-13-22-19(17-10-6-12-21-17)18(15)16-9-4-5-11-20-16/h1-13H. The van der Waals surface area contributed by atoms with Crippen LogP contribution in [-0.4, -0.2) is 4.98 Å². The Labute approximate surface area is 132 Å². The normalized spacial score (nSPS) is 10.7. The molecule has 22 heavy (non-hydrogen) atoms. The molecule has 106 valence electrons. The lowest BCUT2D eigenvalue weighted by Crippen LogP contribution is -1.85. The molecule has 0 atom stereocenters. The Hall–Kier alpha value is -2.65. The van der Waals surface area contributed by atoms with Crippen LogP contribution in [0.4, 0.5) is 0 Å². The number of pyridine rings is 1. The summed E-state index contributed by atoms with van der Waals surface area (Å²) in [6.07, 6.45) is 3.53. The van der Waals surface area contributed by atoms with Crippen molar-refractivity contribution in [2.45, 2.75) is 0 Å². The Balaban J connectivity index is 1.97. The highest BCUT2D eigenvalue weighted by Gasteiger charge is 2.18. The summed E-state index contributed by atoms with van der Waals surface area (Å²) in [5.41, 5.74) is 4.48. The number of rotatable bonds is 3. The van der Waals surface area contributed by atoms with E-state index in [0.29, 0.717) is 0 Å². The lowest BCUT2D eigenvalue weighted by molar-refractivity contribution is 0.584. The van der Waals surface area contributed by atoms with Crippen LogP contribution >= 0.6 is 11.3 Å². The first kappa shape index (κ1) is 13.0. The number of benzene rings is 1.